The molecule has 2 aromatic rings. The number of anilines is 1. The molecular formula is C16H17FN6O2. The van der Waals surface area contributed by atoms with E-state index in [1.807, 2.05) is 6.08 Å². The summed E-state index contributed by atoms with van der Waals surface area (Å²) in [6.45, 7) is 2.20. The van der Waals surface area contributed by atoms with Gasteiger partial charge in [0.2, 0.25) is 0 Å². The molecule has 1 atom stereocenters. The van der Waals surface area contributed by atoms with Crippen molar-refractivity contribution >= 4 is 17.4 Å². The quantitative estimate of drug-likeness (QED) is 0.897. The van der Waals surface area contributed by atoms with E-state index in [2.05, 4.69) is 20.7 Å². The molecule has 4 rings (SSSR count). The predicted molar refractivity (Wildman–Crippen MR) is 87.3 cm³/mol. The molecule has 0 spiro atoms. The molecule has 8 nitrogen and oxygen atoms in total. The highest BCUT2D eigenvalue weighted by Gasteiger charge is 2.33. The van der Waals surface area contributed by atoms with Crippen LogP contribution in [0.1, 0.15) is 12.0 Å². The first-order chi connectivity index (χ1) is 12.2. The van der Waals surface area contributed by atoms with Crippen molar-refractivity contribution in [2.24, 2.45) is 0 Å². The van der Waals surface area contributed by atoms with E-state index in [9.17, 15) is 9.18 Å². The van der Waals surface area contributed by atoms with Gasteiger partial charge in [0, 0.05) is 12.1 Å². The van der Waals surface area contributed by atoms with Crippen LogP contribution in [0, 0.1) is 5.82 Å². The highest BCUT2D eigenvalue weighted by atomic mass is 19.1. The molecular weight excluding hydrogens is 327 g/mol. The lowest BCUT2D eigenvalue weighted by molar-refractivity contribution is 0.126. The van der Waals surface area contributed by atoms with Crippen molar-refractivity contribution < 1.29 is 13.9 Å². The van der Waals surface area contributed by atoms with Crippen molar-refractivity contribution in [1.29, 1.82) is 0 Å². The normalized spacial score (nSPS) is 20.5. The molecule has 1 aromatic heterocycles. The number of hydrogen-bond donors (Lipinski definition) is 1. The minimum Gasteiger partial charge on any atom is -0.442 e. The molecule has 2 aliphatic rings. The Kier molecular flexibility index (Phi) is 4.14. The van der Waals surface area contributed by atoms with Crippen LogP contribution in [0.2, 0.25) is 0 Å². The zero-order valence-corrected chi connectivity index (χ0v) is 13.4. The zero-order chi connectivity index (χ0) is 17.2. The lowest BCUT2D eigenvalue weighted by Crippen LogP contribution is -2.26. The standard InChI is InChI=1S/C16H17FN6O2/c17-15-7-12(1-2-14(15)11-3-5-18-6-4-11)22-8-13(25-16(22)24)9-23-20-10-19-21-23/h1-3,7,10,13,18H,4-6,8-9H2. The third kappa shape index (κ3) is 3.22. The number of benzene rings is 1. The second-order valence-electron chi connectivity index (χ2n) is 5.95. The van der Waals surface area contributed by atoms with Crippen molar-refractivity contribution in [2.45, 2.75) is 19.1 Å². The summed E-state index contributed by atoms with van der Waals surface area (Å²) in [6.07, 6.45) is 3.19. The van der Waals surface area contributed by atoms with E-state index in [-0.39, 0.29) is 5.82 Å². The Hall–Kier alpha value is -2.81. The number of carbonyl (C=O) groups is 1. The van der Waals surface area contributed by atoms with Gasteiger partial charge in [-0.2, -0.15) is 4.80 Å². The fourth-order valence-corrected chi connectivity index (χ4v) is 3.08. The summed E-state index contributed by atoms with van der Waals surface area (Å²) in [4.78, 5) is 14.9. The average molecular weight is 344 g/mol. The van der Waals surface area contributed by atoms with Crippen molar-refractivity contribution in [1.82, 2.24) is 25.5 Å². The first kappa shape index (κ1) is 15.7. The molecule has 1 N–H and O–H groups in total. The number of rotatable bonds is 4. The number of ether oxygens (including phenoxy) is 1. The first-order valence-electron chi connectivity index (χ1n) is 8.09. The molecule has 1 amide bonds. The van der Waals surface area contributed by atoms with Crippen LogP contribution in [0.15, 0.2) is 30.6 Å². The van der Waals surface area contributed by atoms with Gasteiger partial charge in [0.05, 0.1) is 12.2 Å². The van der Waals surface area contributed by atoms with Crippen LogP contribution >= 0.6 is 0 Å². The third-order valence-corrected chi connectivity index (χ3v) is 4.31. The molecule has 0 bridgehead atoms. The van der Waals surface area contributed by atoms with Gasteiger partial charge in [0.1, 0.15) is 18.5 Å². The number of amides is 1. The Morgan fingerprint density at radius 1 is 1.40 bits per heavy atom. The number of nitrogens with zero attached hydrogens (tertiary/aromatic N) is 5. The molecule has 25 heavy (non-hydrogen) atoms. The lowest BCUT2D eigenvalue weighted by atomic mass is 9.99. The van der Waals surface area contributed by atoms with Gasteiger partial charge >= 0.3 is 6.09 Å². The van der Waals surface area contributed by atoms with E-state index >= 15 is 0 Å². The van der Waals surface area contributed by atoms with Crippen molar-refractivity contribution in [2.75, 3.05) is 24.5 Å². The van der Waals surface area contributed by atoms with E-state index in [0.29, 0.717) is 24.3 Å². The molecule has 2 aliphatic heterocycles. The molecule has 1 aromatic carbocycles. The summed E-state index contributed by atoms with van der Waals surface area (Å²) < 4.78 is 19.8. The van der Waals surface area contributed by atoms with Gasteiger partial charge in [-0.15, -0.1) is 10.2 Å². The summed E-state index contributed by atoms with van der Waals surface area (Å²) in [7, 11) is 0. The summed E-state index contributed by atoms with van der Waals surface area (Å²) in [5.74, 6) is -0.333. The molecule has 1 saturated heterocycles. The second kappa shape index (κ2) is 6.60. The van der Waals surface area contributed by atoms with Gasteiger partial charge in [-0.3, -0.25) is 4.90 Å². The van der Waals surface area contributed by atoms with Crippen molar-refractivity contribution in [3.63, 3.8) is 0 Å². The van der Waals surface area contributed by atoms with E-state index < -0.39 is 12.2 Å². The molecule has 130 valence electrons. The number of cyclic esters (lactones) is 1. The van der Waals surface area contributed by atoms with E-state index in [4.69, 9.17) is 4.74 Å². The Morgan fingerprint density at radius 2 is 2.32 bits per heavy atom. The lowest BCUT2D eigenvalue weighted by Gasteiger charge is -2.17. The smallest absolute Gasteiger partial charge is 0.414 e. The van der Waals surface area contributed by atoms with E-state index in [1.54, 1.807) is 12.1 Å². The number of aromatic nitrogens is 4. The van der Waals surface area contributed by atoms with Gasteiger partial charge in [-0.1, -0.05) is 6.08 Å². The van der Waals surface area contributed by atoms with Crippen LogP contribution in [-0.2, 0) is 11.3 Å². The monoisotopic (exact) mass is 344 g/mol. The van der Waals surface area contributed by atoms with Crippen LogP contribution in [0.3, 0.4) is 0 Å². The maximum absolute atomic E-state index is 14.5. The van der Waals surface area contributed by atoms with Crippen LogP contribution in [0.4, 0.5) is 14.9 Å². The number of nitrogens with one attached hydrogen (secondary N) is 1. The fourth-order valence-electron chi connectivity index (χ4n) is 3.08. The maximum Gasteiger partial charge on any atom is 0.414 e. The van der Waals surface area contributed by atoms with Crippen LogP contribution in [0.25, 0.3) is 5.57 Å². The average Bonchev–Trinajstić information content (AvgIpc) is 3.25. The molecule has 1 unspecified atom stereocenters. The van der Waals surface area contributed by atoms with Gasteiger partial charge < -0.3 is 10.1 Å². The maximum atomic E-state index is 14.5. The summed E-state index contributed by atoms with van der Waals surface area (Å²) in [5, 5.41) is 14.5. The molecule has 0 aliphatic carbocycles. The minimum absolute atomic E-state index is 0.308. The fraction of sp³-hybridized carbons (Fsp3) is 0.375. The van der Waals surface area contributed by atoms with Gasteiger partial charge in [0.25, 0.3) is 0 Å². The van der Waals surface area contributed by atoms with Gasteiger partial charge in [0.15, 0.2) is 6.33 Å². The highest BCUT2D eigenvalue weighted by Crippen LogP contribution is 2.28. The van der Waals surface area contributed by atoms with E-state index in [1.165, 1.54) is 22.1 Å². The molecule has 1 fully saturated rings. The largest absolute Gasteiger partial charge is 0.442 e. The Bertz CT molecular complexity index is 807. The number of halogens is 1. The Morgan fingerprint density at radius 3 is 3.04 bits per heavy atom. The molecule has 0 radical (unpaired) electrons. The zero-order valence-electron chi connectivity index (χ0n) is 13.4. The molecule has 9 heteroatoms. The topological polar surface area (TPSA) is 85.2 Å². The highest BCUT2D eigenvalue weighted by molar-refractivity contribution is 5.90. The van der Waals surface area contributed by atoms with Crippen molar-refractivity contribution in [3.05, 3.63) is 42.0 Å². The number of carbonyl (C=O) groups excluding carboxylic acids is 1. The van der Waals surface area contributed by atoms with Crippen molar-refractivity contribution in [3.8, 4) is 0 Å². The Balaban J connectivity index is 1.50. The van der Waals surface area contributed by atoms with Crippen LogP contribution in [0.5, 0.6) is 0 Å². The summed E-state index contributed by atoms with van der Waals surface area (Å²) in [5.41, 5.74) is 2.05. The summed E-state index contributed by atoms with van der Waals surface area (Å²) >= 11 is 0. The first-order valence-corrected chi connectivity index (χ1v) is 8.09. The Labute approximate surface area is 143 Å². The van der Waals surface area contributed by atoms with Gasteiger partial charge in [-0.25, -0.2) is 9.18 Å². The van der Waals surface area contributed by atoms with Crippen LogP contribution in [-0.4, -0.2) is 52.0 Å². The summed E-state index contributed by atoms with van der Waals surface area (Å²) in [6, 6.07) is 4.86. The minimum atomic E-state index is -0.502. The SMILES string of the molecule is O=C1OC(Cn2ncnn2)CN1c1ccc(C2=CCNCC2)c(F)c1. The predicted octanol–water partition coefficient (Wildman–Crippen LogP) is 1.21. The number of hydrogen-bond acceptors (Lipinski definition) is 6. The molecule has 0 saturated carbocycles. The van der Waals surface area contributed by atoms with E-state index in [0.717, 1.165) is 25.1 Å². The van der Waals surface area contributed by atoms with Gasteiger partial charge in [-0.05, 0) is 42.0 Å². The van der Waals surface area contributed by atoms with Crippen LogP contribution < -0.4 is 10.2 Å². The molecule has 3 heterocycles. The second-order valence-corrected chi connectivity index (χ2v) is 5.95. The third-order valence-electron chi connectivity index (χ3n) is 4.31. The number of tetrazole rings is 1.